The number of hydrogen-bond acceptors (Lipinski definition) is 14. The van der Waals surface area contributed by atoms with Gasteiger partial charge in [-0.15, -0.1) is 0 Å². The quantitative estimate of drug-likeness (QED) is 0.181. The molecule has 6 rings (SSSR count). The number of nitrogens with one attached hydrogen (secondary N) is 2. The normalized spacial score (nSPS) is 33.6. The Kier molecular flexibility index (Phi) is 11.9. The summed E-state index contributed by atoms with van der Waals surface area (Å²) in [4.78, 5) is 36.3. The maximum Gasteiger partial charge on any atom is 0.302 e. The first kappa shape index (κ1) is 42.2. The molecule has 1 saturated heterocycles. The fourth-order valence-corrected chi connectivity index (χ4v) is 9.47. The Morgan fingerprint density at radius 3 is 2.30 bits per heavy atom. The number of amides is 1. The summed E-state index contributed by atoms with van der Waals surface area (Å²) in [5.74, 6) is -4.07. The number of rotatable bonds is 2. The van der Waals surface area contributed by atoms with Crippen molar-refractivity contribution in [3.05, 3.63) is 58.0 Å². The average Bonchev–Trinajstić information content (AvgIpc) is 3.67. The molecule has 1 fully saturated rings. The molecule has 6 N–H and O–H groups in total. The smallest absolute Gasteiger partial charge is 0.302 e. The second-order valence-electron chi connectivity index (χ2n) is 15.9. The van der Waals surface area contributed by atoms with E-state index in [1.54, 1.807) is 77.6 Å². The van der Waals surface area contributed by atoms with Gasteiger partial charge in [0.15, 0.2) is 11.4 Å². The molecule has 0 aliphatic carbocycles. The molecule has 0 aromatic heterocycles. The fourth-order valence-electron chi connectivity index (χ4n) is 8.32. The van der Waals surface area contributed by atoms with E-state index in [-0.39, 0.29) is 55.7 Å². The molecule has 4 aliphatic rings. The number of nitrogens with zero attached hydrogens (tertiary/aromatic N) is 2. The van der Waals surface area contributed by atoms with Gasteiger partial charge in [0, 0.05) is 74.0 Å². The van der Waals surface area contributed by atoms with Crippen molar-refractivity contribution >= 4 is 45.8 Å². The van der Waals surface area contributed by atoms with Gasteiger partial charge < -0.3 is 44.7 Å². The number of carbonyl (C=O) groups is 2. The summed E-state index contributed by atoms with van der Waals surface area (Å²) in [6, 6.07) is 0. The number of phenols is 2. The lowest BCUT2D eigenvalue weighted by atomic mass is 9.78. The van der Waals surface area contributed by atoms with E-state index in [1.165, 1.54) is 20.3 Å². The Labute approximate surface area is 336 Å². The van der Waals surface area contributed by atoms with E-state index in [0.29, 0.717) is 18.2 Å². The number of carbonyl (C=O) groups excluding carboxylic acids is 2. The van der Waals surface area contributed by atoms with Gasteiger partial charge in [0.25, 0.3) is 11.7 Å². The number of ether oxygens (including phenoxy) is 4. The first-order valence-electron chi connectivity index (χ1n) is 19.3. The maximum atomic E-state index is 13.8. The van der Waals surface area contributed by atoms with Crippen LogP contribution in [0.25, 0.3) is 10.8 Å². The zero-order valence-corrected chi connectivity index (χ0v) is 34.7. The fraction of sp³-hybridized carbons (Fsp3) is 0.548. The van der Waals surface area contributed by atoms with Gasteiger partial charge in [-0.1, -0.05) is 45.9 Å². The standard InChI is InChI=1S/C42H54N4O10S/c1-19-11-10-12-20(2)40(52)44-32-31-30(45-42(46-31)14-17-57-18-15-42)27-28(36(32)51)35(50)24(6)38-29(27)39(43)41(8,56-38)54-16-13-26(53-9)21(3)37(55-25(7)47)23(5)34(49)22(4)33(19)48/h10-13,16,19,21-23,26,33-34,37,43,48-51H,14-15,17-18H2,1-9H3,(H,44,52)/b11-10+,16-13+,20-12-,43-39?/t19-,21+,22+,23+,26-,33-,34+,37+,41-/m0/s1. The number of aromatic hydroxyl groups is 2. The zero-order valence-electron chi connectivity index (χ0n) is 33.9. The minimum absolute atomic E-state index is 0.0105. The van der Waals surface area contributed by atoms with Crippen molar-refractivity contribution in [2.75, 3.05) is 23.9 Å². The lowest BCUT2D eigenvalue weighted by Crippen LogP contribution is -2.46. The first-order chi connectivity index (χ1) is 26.9. The van der Waals surface area contributed by atoms with Crippen LogP contribution in [0.5, 0.6) is 17.2 Å². The Bertz CT molecular complexity index is 2200. The molecule has 4 heterocycles. The van der Waals surface area contributed by atoms with Crippen LogP contribution in [0.15, 0.2) is 46.1 Å². The van der Waals surface area contributed by atoms with Crippen LogP contribution in [0.2, 0.25) is 0 Å². The molecular weight excluding hydrogens is 753 g/mol. The van der Waals surface area contributed by atoms with E-state index in [4.69, 9.17) is 28.9 Å². The van der Waals surface area contributed by atoms with Crippen LogP contribution in [-0.4, -0.2) is 92.5 Å². The predicted molar refractivity (Wildman–Crippen MR) is 216 cm³/mol. The van der Waals surface area contributed by atoms with Crippen LogP contribution in [0.3, 0.4) is 0 Å². The van der Waals surface area contributed by atoms with Crippen LogP contribution in [0.4, 0.5) is 5.69 Å². The molecule has 4 aliphatic heterocycles. The molecule has 14 nitrogen and oxygen atoms in total. The Morgan fingerprint density at radius 2 is 1.65 bits per heavy atom. The number of phenolic OH excluding ortho intramolecular Hbond substituents is 2. The monoisotopic (exact) mass is 806 g/mol. The van der Waals surface area contributed by atoms with Crippen LogP contribution < -0.4 is 20.8 Å². The minimum atomic E-state index is -1.72. The second-order valence-corrected chi connectivity index (χ2v) is 17.1. The summed E-state index contributed by atoms with van der Waals surface area (Å²) in [6.45, 7) is 13.1. The van der Waals surface area contributed by atoms with Crippen LogP contribution in [0, 0.1) is 36.0 Å². The average molecular weight is 807 g/mol. The molecule has 1 amide bonds. The summed E-state index contributed by atoms with van der Waals surface area (Å²) in [7, 11) is 1.49. The Morgan fingerprint density at radius 1 is 0.982 bits per heavy atom. The zero-order chi connectivity index (χ0) is 41.7. The molecule has 1 spiro atoms. The highest BCUT2D eigenvalue weighted by Crippen LogP contribution is 2.50. The van der Waals surface area contributed by atoms with E-state index in [0.717, 1.165) is 11.5 Å². The summed E-state index contributed by atoms with van der Waals surface area (Å²) in [6.07, 6.45) is 5.44. The minimum Gasteiger partial charge on any atom is -0.507 e. The summed E-state index contributed by atoms with van der Waals surface area (Å²) >= 11 is 1.79. The van der Waals surface area contributed by atoms with Crippen molar-refractivity contribution in [3.63, 3.8) is 0 Å². The number of aliphatic hydroxyl groups is 2. The van der Waals surface area contributed by atoms with E-state index in [1.807, 2.05) is 6.92 Å². The third-order valence-corrected chi connectivity index (χ3v) is 13.0. The van der Waals surface area contributed by atoms with Gasteiger partial charge in [0.1, 0.15) is 34.4 Å². The van der Waals surface area contributed by atoms with Gasteiger partial charge in [-0.25, -0.2) is 0 Å². The number of benzene rings is 2. The maximum absolute atomic E-state index is 13.8. The molecule has 9 atom stereocenters. The number of anilines is 1. The third kappa shape index (κ3) is 7.54. The van der Waals surface area contributed by atoms with Crippen molar-refractivity contribution in [2.24, 2.45) is 33.7 Å². The lowest BCUT2D eigenvalue weighted by molar-refractivity contribution is -0.160. The van der Waals surface area contributed by atoms with Gasteiger partial charge in [-0.05, 0) is 31.4 Å². The predicted octanol–water partition coefficient (Wildman–Crippen LogP) is 4.71. The highest BCUT2D eigenvalue weighted by atomic mass is 32.2. The van der Waals surface area contributed by atoms with Gasteiger partial charge in [0.05, 0.1) is 40.9 Å². The molecule has 2 aromatic carbocycles. The first-order valence-corrected chi connectivity index (χ1v) is 20.5. The number of aliphatic hydroxyl groups excluding tert-OH is 2. The molecule has 4 bridgehead atoms. The SMILES string of the molecule is CO[C@H]1/C=C/O[C@@]2(C)Oc3c(C)c(O)c4c(O)c(c5c(c4c3C2=N)=NC2(CCSCC2)N=5)NC(=O)/C(C)=C\C=C\[C@H](C)[C@H](O)[C@@H](C)[C@@H](O)[C@@H](C)[C@H](OC(C)=O)[C@@H]1C. The van der Waals surface area contributed by atoms with E-state index >= 15 is 0 Å². The summed E-state index contributed by atoms with van der Waals surface area (Å²) < 4.78 is 24.2. The third-order valence-electron chi connectivity index (χ3n) is 12.0. The highest BCUT2D eigenvalue weighted by molar-refractivity contribution is 7.99. The molecule has 0 saturated carbocycles. The molecule has 308 valence electrons. The number of fused-ring (bicyclic) bond motifs is 1. The van der Waals surface area contributed by atoms with Crippen LogP contribution in [-0.2, 0) is 23.8 Å². The molecule has 15 heteroatoms. The molecular formula is C42H54N4O10S. The van der Waals surface area contributed by atoms with Gasteiger partial charge in [-0.3, -0.25) is 25.0 Å². The molecule has 2 aromatic rings. The summed E-state index contributed by atoms with van der Waals surface area (Å²) in [5, 5.41) is 59.8. The van der Waals surface area contributed by atoms with E-state index in [2.05, 4.69) is 5.32 Å². The number of allylic oxidation sites excluding steroid dienone is 2. The number of esters is 1. The lowest BCUT2D eigenvalue weighted by Gasteiger charge is -2.38. The van der Waals surface area contributed by atoms with Crippen LogP contribution >= 0.6 is 11.8 Å². The Balaban J connectivity index is 1.55. The van der Waals surface area contributed by atoms with Crippen LogP contribution in [0.1, 0.15) is 72.4 Å². The molecule has 0 radical (unpaired) electrons. The van der Waals surface area contributed by atoms with Crippen molar-refractivity contribution in [1.29, 1.82) is 5.41 Å². The van der Waals surface area contributed by atoms with Crippen molar-refractivity contribution < 1.29 is 49.0 Å². The topological polar surface area (TPSA) is 213 Å². The van der Waals surface area contributed by atoms with Gasteiger partial charge >= 0.3 is 5.97 Å². The van der Waals surface area contributed by atoms with E-state index in [9.17, 15) is 35.4 Å². The number of hydrogen-bond donors (Lipinski definition) is 6. The largest absolute Gasteiger partial charge is 0.507 e. The van der Waals surface area contributed by atoms with E-state index < -0.39 is 77.2 Å². The number of methoxy groups -OCH3 is 1. The number of thioether (sulfide) groups is 1. The Hall–Kier alpha value is -4.44. The molecule has 0 unspecified atom stereocenters. The van der Waals surface area contributed by atoms with Crippen molar-refractivity contribution in [3.8, 4) is 17.2 Å². The van der Waals surface area contributed by atoms with Gasteiger partial charge in [0.2, 0.25) is 0 Å². The summed E-state index contributed by atoms with van der Waals surface area (Å²) in [5.41, 5.74) is -0.214. The van der Waals surface area contributed by atoms with Crippen molar-refractivity contribution in [2.45, 2.75) is 104 Å². The highest BCUT2D eigenvalue weighted by Gasteiger charge is 2.47. The van der Waals surface area contributed by atoms with Crippen molar-refractivity contribution in [1.82, 2.24) is 0 Å². The molecule has 57 heavy (non-hydrogen) atoms. The second kappa shape index (κ2) is 16.1. The van der Waals surface area contributed by atoms with Gasteiger partial charge in [-0.2, -0.15) is 11.8 Å².